The van der Waals surface area contributed by atoms with Crippen LogP contribution in [0.1, 0.15) is 61.3 Å². The number of allylic oxidation sites excluding steroid dienone is 1. The van der Waals surface area contributed by atoms with Crippen LogP contribution in [0.25, 0.3) is 0 Å². The molecular formula is C19H26. The Kier molecular flexibility index (Phi) is 7.04. The molecule has 0 aliphatic heterocycles. The number of hydrogen-bond donors (Lipinski definition) is 0. The van der Waals surface area contributed by atoms with Gasteiger partial charge in [-0.1, -0.05) is 50.2 Å². The molecule has 0 saturated carbocycles. The number of rotatable bonds is 6. The average molecular weight is 254 g/mol. The van der Waals surface area contributed by atoms with Gasteiger partial charge in [-0.25, -0.2) is 0 Å². The van der Waals surface area contributed by atoms with E-state index >= 15 is 0 Å². The molecule has 0 spiro atoms. The number of hydrogen-bond acceptors (Lipinski definition) is 0. The third-order valence-electron chi connectivity index (χ3n) is 3.46. The van der Waals surface area contributed by atoms with Crippen LogP contribution in [0.3, 0.4) is 0 Å². The van der Waals surface area contributed by atoms with Crippen LogP contribution in [-0.4, -0.2) is 0 Å². The largest absolute Gasteiger partial charge is 0.103 e. The van der Waals surface area contributed by atoms with Gasteiger partial charge in [0, 0.05) is 12.0 Å². The minimum absolute atomic E-state index is 0.904. The van der Waals surface area contributed by atoms with E-state index in [1.165, 1.54) is 47.9 Å². The second-order valence-electron chi connectivity index (χ2n) is 5.20. The van der Waals surface area contributed by atoms with Crippen molar-refractivity contribution in [1.29, 1.82) is 0 Å². The van der Waals surface area contributed by atoms with E-state index in [1.807, 2.05) is 6.08 Å². The maximum atomic E-state index is 3.83. The molecule has 0 amide bonds. The van der Waals surface area contributed by atoms with Gasteiger partial charge in [0.2, 0.25) is 0 Å². The second kappa shape index (κ2) is 8.59. The van der Waals surface area contributed by atoms with Crippen molar-refractivity contribution >= 4 is 0 Å². The average Bonchev–Trinajstić information content (AvgIpc) is 2.39. The summed E-state index contributed by atoms with van der Waals surface area (Å²) in [6.07, 6.45) is 9.01. The van der Waals surface area contributed by atoms with Gasteiger partial charge in [0.15, 0.2) is 0 Å². The molecule has 1 rings (SSSR count). The Morgan fingerprint density at radius 3 is 2.53 bits per heavy atom. The second-order valence-corrected chi connectivity index (χ2v) is 5.20. The molecule has 0 unspecified atom stereocenters. The first-order chi connectivity index (χ1) is 9.19. The molecule has 1 aromatic carbocycles. The summed E-state index contributed by atoms with van der Waals surface area (Å²) >= 11 is 0. The van der Waals surface area contributed by atoms with E-state index in [0.717, 1.165) is 12.8 Å². The highest BCUT2D eigenvalue weighted by molar-refractivity contribution is 5.47. The van der Waals surface area contributed by atoms with Gasteiger partial charge in [-0.05, 0) is 49.4 Å². The summed E-state index contributed by atoms with van der Waals surface area (Å²) in [6, 6.07) is 4.46. The highest BCUT2D eigenvalue weighted by atomic mass is 14.1. The maximum Gasteiger partial charge on any atom is 0.0283 e. The molecule has 0 fully saturated rings. The molecule has 0 aliphatic rings. The van der Waals surface area contributed by atoms with E-state index in [-0.39, 0.29) is 0 Å². The lowest BCUT2D eigenvalue weighted by Gasteiger charge is -2.07. The van der Waals surface area contributed by atoms with Gasteiger partial charge in [-0.2, -0.15) is 0 Å². The lowest BCUT2D eigenvalue weighted by Crippen LogP contribution is -1.92. The minimum atomic E-state index is 0.904. The van der Waals surface area contributed by atoms with Crippen LogP contribution in [0, 0.1) is 25.7 Å². The topological polar surface area (TPSA) is 0 Å². The quantitative estimate of drug-likeness (QED) is 0.364. The number of aryl methyl sites for hydroxylation is 2. The van der Waals surface area contributed by atoms with Crippen molar-refractivity contribution in [3.8, 4) is 11.8 Å². The smallest absolute Gasteiger partial charge is 0.0283 e. The minimum Gasteiger partial charge on any atom is -0.103 e. The Labute approximate surface area is 118 Å². The van der Waals surface area contributed by atoms with E-state index in [2.05, 4.69) is 51.3 Å². The molecule has 0 bridgehead atoms. The predicted molar refractivity (Wildman–Crippen MR) is 85.5 cm³/mol. The molecular weight excluding hydrogens is 228 g/mol. The van der Waals surface area contributed by atoms with Crippen LogP contribution < -0.4 is 0 Å². The van der Waals surface area contributed by atoms with Crippen molar-refractivity contribution in [2.45, 2.75) is 59.3 Å². The molecule has 0 nitrogen and oxygen atoms in total. The van der Waals surface area contributed by atoms with E-state index < -0.39 is 0 Å². The van der Waals surface area contributed by atoms with Crippen molar-refractivity contribution in [1.82, 2.24) is 0 Å². The molecule has 102 valence electrons. The van der Waals surface area contributed by atoms with Gasteiger partial charge >= 0.3 is 0 Å². The lowest BCUT2D eigenvalue weighted by molar-refractivity contribution is 0.679. The molecule has 0 heterocycles. The van der Waals surface area contributed by atoms with E-state index in [0.29, 0.717) is 0 Å². The van der Waals surface area contributed by atoms with Crippen LogP contribution in [0.4, 0.5) is 0 Å². The third kappa shape index (κ3) is 5.35. The summed E-state index contributed by atoms with van der Waals surface area (Å²) in [7, 11) is 0. The van der Waals surface area contributed by atoms with E-state index in [1.54, 1.807) is 0 Å². The van der Waals surface area contributed by atoms with Crippen molar-refractivity contribution in [3.05, 3.63) is 47.0 Å². The van der Waals surface area contributed by atoms with Crippen LogP contribution >= 0.6 is 0 Å². The summed E-state index contributed by atoms with van der Waals surface area (Å²) in [6.45, 7) is 10.4. The van der Waals surface area contributed by atoms with Gasteiger partial charge < -0.3 is 0 Å². The fourth-order valence-electron chi connectivity index (χ4n) is 2.11. The van der Waals surface area contributed by atoms with Gasteiger partial charge in [0.25, 0.3) is 0 Å². The molecule has 19 heavy (non-hydrogen) atoms. The first-order valence-corrected chi connectivity index (χ1v) is 7.39. The van der Waals surface area contributed by atoms with Crippen LogP contribution in [0.5, 0.6) is 0 Å². The van der Waals surface area contributed by atoms with Gasteiger partial charge in [0.1, 0.15) is 0 Å². The Hall–Kier alpha value is -1.48. The normalized spacial score (nSPS) is 9.84. The number of benzene rings is 1. The summed E-state index contributed by atoms with van der Waals surface area (Å²) in [5, 5.41) is 0. The monoisotopic (exact) mass is 254 g/mol. The number of unbranched alkanes of at least 4 members (excludes halogenated alkanes) is 4. The molecule has 1 aromatic rings. The van der Waals surface area contributed by atoms with E-state index in [4.69, 9.17) is 0 Å². The molecule has 0 N–H and O–H groups in total. The van der Waals surface area contributed by atoms with Gasteiger partial charge in [-0.15, -0.1) is 6.58 Å². The molecule has 0 aliphatic carbocycles. The summed E-state index contributed by atoms with van der Waals surface area (Å²) in [5.41, 5.74) is 5.14. The molecule has 0 saturated heterocycles. The zero-order valence-electron chi connectivity index (χ0n) is 12.7. The Morgan fingerprint density at radius 1 is 1.11 bits per heavy atom. The van der Waals surface area contributed by atoms with Crippen molar-refractivity contribution in [2.75, 3.05) is 0 Å². The fourth-order valence-corrected chi connectivity index (χ4v) is 2.11. The highest BCUT2D eigenvalue weighted by Gasteiger charge is 2.01. The molecule has 0 heteroatoms. The van der Waals surface area contributed by atoms with Gasteiger partial charge in [0.05, 0.1) is 0 Å². The van der Waals surface area contributed by atoms with E-state index in [9.17, 15) is 0 Å². The maximum absolute atomic E-state index is 3.83. The zero-order chi connectivity index (χ0) is 14.1. The third-order valence-corrected chi connectivity index (χ3v) is 3.46. The van der Waals surface area contributed by atoms with Crippen molar-refractivity contribution < 1.29 is 0 Å². The molecule has 0 atom stereocenters. The molecule has 0 aromatic heterocycles. The molecule has 0 radical (unpaired) electrons. The summed E-state index contributed by atoms with van der Waals surface area (Å²) < 4.78 is 0. The van der Waals surface area contributed by atoms with Crippen molar-refractivity contribution in [3.63, 3.8) is 0 Å². The van der Waals surface area contributed by atoms with Crippen LogP contribution in [0.15, 0.2) is 24.8 Å². The SMILES string of the molecule is C=CCc1cc(C)c(C)cc1C#CCCCCCC. The fraction of sp³-hybridized carbons (Fsp3) is 0.474. The van der Waals surface area contributed by atoms with Gasteiger partial charge in [-0.3, -0.25) is 0 Å². The Morgan fingerprint density at radius 2 is 1.84 bits per heavy atom. The Bertz CT molecular complexity index is 469. The highest BCUT2D eigenvalue weighted by Crippen LogP contribution is 2.16. The first kappa shape index (κ1) is 15.6. The predicted octanol–water partition coefficient (Wildman–Crippen LogP) is 5.35. The van der Waals surface area contributed by atoms with Crippen LogP contribution in [-0.2, 0) is 6.42 Å². The Balaban J connectivity index is 2.73. The zero-order valence-corrected chi connectivity index (χ0v) is 12.7. The van der Waals surface area contributed by atoms with Crippen LogP contribution in [0.2, 0.25) is 0 Å². The first-order valence-electron chi connectivity index (χ1n) is 7.39. The summed E-state index contributed by atoms with van der Waals surface area (Å²) in [4.78, 5) is 0. The lowest BCUT2D eigenvalue weighted by atomic mass is 9.98. The standard InChI is InChI=1S/C19H26/c1-5-7-8-9-10-11-13-19-15-17(4)16(3)14-18(19)12-6-2/h6,14-15H,2,5,7-10,12H2,1,3-4H3. The summed E-state index contributed by atoms with van der Waals surface area (Å²) in [5.74, 6) is 6.67. The van der Waals surface area contributed by atoms with Crippen molar-refractivity contribution in [2.24, 2.45) is 0 Å².